The SMILES string of the molecule is CN[C@H]1Cc2c(cccc2CO)C#CCC[C@]23CC[C@H]4[C@@](O)([C@@H](O)[C@H]5C[C@@H]([C@@H](C)C6CCCC6)CC[C@H]6[C@H]7OCC[C@@H]8CCC[C@@]87C[C@@]4(C=O)[C@]56O)[C@@]2(O)C[C@@H]2C[C@H]1[C@@H]1OC(=O)C=C1[C@@H]23. The number of benzene rings is 1. The molecule has 352 valence electrons. The molecule has 1 aromatic rings. The number of rotatable bonds is 5. The highest BCUT2D eigenvalue weighted by atomic mass is 16.5. The normalized spacial score (nSPS) is 51.0. The van der Waals surface area contributed by atoms with Crippen LogP contribution in [-0.4, -0.2) is 92.6 Å². The van der Waals surface area contributed by atoms with Crippen molar-refractivity contribution in [1.29, 1.82) is 0 Å². The summed E-state index contributed by atoms with van der Waals surface area (Å²) in [6.45, 7) is 2.89. The Balaban J connectivity index is 1.05. The van der Waals surface area contributed by atoms with Gasteiger partial charge in [-0.15, -0.1) is 0 Å². The van der Waals surface area contributed by atoms with Crippen LogP contribution in [0.4, 0.5) is 0 Å². The molecule has 65 heavy (non-hydrogen) atoms. The molecular weight excluding hydrogens is 819 g/mol. The van der Waals surface area contributed by atoms with Crippen LogP contribution in [0.25, 0.3) is 0 Å². The van der Waals surface area contributed by atoms with Gasteiger partial charge in [-0.3, -0.25) is 0 Å². The molecule has 2 aliphatic heterocycles. The number of hydrogen-bond donors (Lipinski definition) is 6. The smallest absolute Gasteiger partial charge is 0.331 e. The van der Waals surface area contributed by atoms with Gasteiger partial charge in [0, 0.05) is 65.2 Å². The number of ether oxygens (including phenoxy) is 2. The molecule has 2 spiro atoms. The highest BCUT2D eigenvalue weighted by Crippen LogP contribution is 2.80. The van der Waals surface area contributed by atoms with E-state index < -0.39 is 57.6 Å². The summed E-state index contributed by atoms with van der Waals surface area (Å²) in [7, 11) is 1.93. The predicted molar refractivity (Wildman–Crippen MR) is 241 cm³/mol. The molecule has 2 heterocycles. The van der Waals surface area contributed by atoms with Gasteiger partial charge in [0.25, 0.3) is 0 Å². The summed E-state index contributed by atoms with van der Waals surface area (Å²) in [5.41, 5.74) is -4.90. The quantitative estimate of drug-likeness (QED) is 0.118. The van der Waals surface area contributed by atoms with Crippen LogP contribution in [0.15, 0.2) is 29.8 Å². The van der Waals surface area contributed by atoms with Gasteiger partial charge in [0.2, 0.25) is 0 Å². The second-order valence-corrected chi connectivity index (χ2v) is 24.0. The summed E-state index contributed by atoms with van der Waals surface area (Å²) >= 11 is 0. The topological polar surface area (TPSA) is 166 Å². The molecule has 9 fully saturated rings. The summed E-state index contributed by atoms with van der Waals surface area (Å²) in [5, 5.41) is 71.2. The summed E-state index contributed by atoms with van der Waals surface area (Å²) < 4.78 is 13.3. The average molecular weight is 892 g/mol. The van der Waals surface area contributed by atoms with Crippen molar-refractivity contribution in [2.45, 2.75) is 177 Å². The van der Waals surface area contributed by atoms with Crippen molar-refractivity contribution in [3.63, 3.8) is 0 Å². The third kappa shape index (κ3) is 5.44. The van der Waals surface area contributed by atoms with Gasteiger partial charge in [-0.25, -0.2) is 4.79 Å². The van der Waals surface area contributed by atoms with Crippen molar-refractivity contribution in [2.75, 3.05) is 13.7 Å². The maximum Gasteiger partial charge on any atom is 0.331 e. The molecule has 10 aliphatic carbocycles. The molecule has 10 heteroatoms. The molecule has 0 unspecified atom stereocenters. The van der Waals surface area contributed by atoms with Crippen molar-refractivity contribution in [3.8, 4) is 11.8 Å². The Hall–Kier alpha value is -2.62. The number of hydrogen-bond acceptors (Lipinski definition) is 10. The molecule has 1 saturated heterocycles. The number of aldehydes is 1. The third-order valence-electron chi connectivity index (χ3n) is 22.5. The van der Waals surface area contributed by atoms with Crippen LogP contribution < -0.4 is 5.32 Å². The van der Waals surface area contributed by atoms with E-state index in [2.05, 4.69) is 24.1 Å². The number of likely N-dealkylation sites (N-methyl/N-ethyl adjacent to an activating group) is 1. The minimum atomic E-state index is -2.14. The maximum absolute atomic E-state index is 14.9. The molecule has 4 bridgehead atoms. The first-order valence-corrected chi connectivity index (χ1v) is 26.1. The second kappa shape index (κ2) is 15.2. The lowest BCUT2D eigenvalue weighted by Crippen LogP contribution is -2.86. The van der Waals surface area contributed by atoms with E-state index in [1.807, 2.05) is 25.2 Å². The fourth-order valence-electron chi connectivity index (χ4n) is 20.1. The average Bonchev–Trinajstić information content (AvgIpc) is 4.10. The van der Waals surface area contributed by atoms with Crippen molar-refractivity contribution < 1.29 is 44.6 Å². The predicted octanol–water partition coefficient (Wildman–Crippen LogP) is 5.95. The van der Waals surface area contributed by atoms with Crippen LogP contribution in [0.2, 0.25) is 0 Å². The lowest BCUT2D eigenvalue weighted by atomic mass is 9.32. The van der Waals surface area contributed by atoms with Gasteiger partial charge in [-0.2, -0.15) is 0 Å². The van der Waals surface area contributed by atoms with Crippen molar-refractivity contribution >= 4 is 12.3 Å². The summed E-state index contributed by atoms with van der Waals surface area (Å²) in [6, 6.07) is 5.70. The third-order valence-corrected chi connectivity index (χ3v) is 22.5. The largest absolute Gasteiger partial charge is 0.454 e. The minimum Gasteiger partial charge on any atom is -0.454 e. The Morgan fingerprint density at radius 3 is 2.57 bits per heavy atom. The molecular formula is C55H73NO9. The van der Waals surface area contributed by atoms with Gasteiger partial charge in [-0.1, -0.05) is 63.0 Å². The number of aliphatic hydroxyl groups excluding tert-OH is 2. The van der Waals surface area contributed by atoms with Crippen LogP contribution in [-0.2, 0) is 32.1 Å². The number of carbonyl (C=O) groups is 2. The van der Waals surface area contributed by atoms with Crippen molar-refractivity contribution in [2.24, 2.45) is 75.4 Å². The van der Waals surface area contributed by atoms with E-state index in [0.29, 0.717) is 75.7 Å². The van der Waals surface area contributed by atoms with Gasteiger partial charge < -0.3 is 45.1 Å². The molecule has 6 N–H and O–H groups in total. The van der Waals surface area contributed by atoms with E-state index in [9.17, 15) is 35.1 Å². The Labute approximate surface area is 385 Å². The van der Waals surface area contributed by atoms with Gasteiger partial charge in [0.1, 0.15) is 23.6 Å². The van der Waals surface area contributed by atoms with Crippen molar-refractivity contribution in [3.05, 3.63) is 46.5 Å². The highest BCUT2D eigenvalue weighted by Gasteiger charge is 2.87. The second-order valence-electron chi connectivity index (χ2n) is 24.0. The molecule has 12 aliphatic rings. The summed E-state index contributed by atoms with van der Waals surface area (Å²) in [5.74, 6) is 5.22. The Morgan fingerprint density at radius 2 is 1.78 bits per heavy atom. The highest BCUT2D eigenvalue weighted by molar-refractivity contribution is 5.86. The zero-order chi connectivity index (χ0) is 44.9. The van der Waals surface area contributed by atoms with E-state index in [1.54, 1.807) is 6.08 Å². The maximum atomic E-state index is 14.9. The van der Waals surface area contributed by atoms with Crippen molar-refractivity contribution in [1.82, 2.24) is 5.32 Å². The van der Waals surface area contributed by atoms with E-state index in [0.717, 1.165) is 67.1 Å². The zero-order valence-corrected chi connectivity index (χ0v) is 38.7. The fourth-order valence-corrected chi connectivity index (χ4v) is 20.1. The number of aliphatic hydroxyl groups is 5. The number of nitrogens with one attached hydrogen (secondary N) is 1. The fraction of sp³-hybridized carbons (Fsp3) is 0.782. The van der Waals surface area contributed by atoms with E-state index in [-0.39, 0.29) is 60.2 Å². The zero-order valence-electron chi connectivity index (χ0n) is 38.7. The molecule has 19 atom stereocenters. The van der Waals surface area contributed by atoms with Crippen LogP contribution in [0.3, 0.4) is 0 Å². The molecule has 10 nitrogen and oxygen atoms in total. The Kier molecular flexibility index (Phi) is 10.2. The van der Waals surface area contributed by atoms with Crippen LogP contribution in [0, 0.1) is 87.3 Å². The first-order valence-electron chi connectivity index (χ1n) is 26.1. The van der Waals surface area contributed by atoms with Crippen LogP contribution in [0.1, 0.15) is 139 Å². The van der Waals surface area contributed by atoms with Gasteiger partial charge in [0.15, 0.2) is 0 Å². The molecule has 0 amide bonds. The molecule has 0 aromatic heterocycles. The van der Waals surface area contributed by atoms with E-state index >= 15 is 0 Å². The number of esters is 1. The first-order chi connectivity index (χ1) is 31.4. The molecule has 8 saturated carbocycles. The lowest BCUT2D eigenvalue weighted by Gasteiger charge is -2.75. The van der Waals surface area contributed by atoms with E-state index in [1.165, 1.54) is 25.7 Å². The molecule has 13 rings (SSSR count). The minimum absolute atomic E-state index is 0.118. The first kappa shape index (κ1) is 43.6. The Morgan fingerprint density at radius 1 is 0.954 bits per heavy atom. The Bertz CT molecular complexity index is 2210. The summed E-state index contributed by atoms with van der Waals surface area (Å²) in [6.07, 6.45) is 14.7. The van der Waals surface area contributed by atoms with Crippen LogP contribution >= 0.6 is 0 Å². The van der Waals surface area contributed by atoms with Gasteiger partial charge >= 0.3 is 5.97 Å². The number of fused-ring (bicyclic) bond motifs is 7. The van der Waals surface area contributed by atoms with Gasteiger partial charge in [0.05, 0.1) is 29.8 Å². The number of carbonyl (C=O) groups excluding carboxylic acids is 2. The lowest BCUT2D eigenvalue weighted by molar-refractivity contribution is -0.389. The standard InChI is InChI=1S/C55H73NO9/c1-31(32-9-3-4-10-32)34-15-16-41-49-50(19-8-14-37(50)18-22-64-49)29-52(30-58)44-17-21-51-20-6-5-11-33-12-7-13-35(28-57)38(33)25-43(56-2)39-23-36(46(51)40-26-45(59)65-47(39)40)27-53(51,61)55(44,63)48(60)42(24-34)54(41,52)62/h7,12-13,26,30-32,34,36-37,39,41-44,46-49,56-57,60-63H,3-4,6,8-10,14-25,27-29H2,1-2H3/t31-,34-,36-,37-,39+,41-,42+,43-,44+,46+,47-,48-,49+,50+,51+,52-,53+,54+,55+/m0/s1. The van der Waals surface area contributed by atoms with Crippen LogP contribution in [0.5, 0.6) is 0 Å². The molecule has 0 radical (unpaired) electrons. The molecule has 1 aromatic carbocycles. The summed E-state index contributed by atoms with van der Waals surface area (Å²) in [4.78, 5) is 28.6. The van der Waals surface area contributed by atoms with Gasteiger partial charge in [-0.05, 0) is 149 Å². The monoisotopic (exact) mass is 892 g/mol. The van der Waals surface area contributed by atoms with E-state index in [4.69, 9.17) is 9.47 Å².